The number of aliphatic hydroxyl groups excluding tert-OH is 2. The van der Waals surface area contributed by atoms with E-state index >= 15 is 0 Å². The van der Waals surface area contributed by atoms with Gasteiger partial charge in [0, 0.05) is 6.04 Å². The SMILES string of the molecule is CC(C)N[C@@H](CO)[C@@H](O)c1ccccc1.Cl. The zero-order valence-electron chi connectivity index (χ0n) is 9.63. The van der Waals surface area contributed by atoms with Gasteiger partial charge in [0.05, 0.1) is 18.8 Å². The normalized spacial score (nSPS) is 14.3. The quantitative estimate of drug-likeness (QED) is 0.737. The van der Waals surface area contributed by atoms with Gasteiger partial charge in [0.25, 0.3) is 0 Å². The van der Waals surface area contributed by atoms with Gasteiger partial charge < -0.3 is 15.5 Å². The van der Waals surface area contributed by atoms with Crippen LogP contribution in [0.15, 0.2) is 30.3 Å². The molecule has 1 rings (SSSR count). The maximum Gasteiger partial charge on any atom is 0.0965 e. The lowest BCUT2D eigenvalue weighted by atomic mass is 10.0. The Kier molecular flexibility index (Phi) is 7.34. The van der Waals surface area contributed by atoms with Crippen LogP contribution in [0.5, 0.6) is 0 Å². The molecule has 0 fully saturated rings. The standard InChI is InChI=1S/C12H19NO2.ClH/c1-9(2)13-11(8-14)12(15)10-6-4-3-5-7-10;/h3-7,9,11-15H,8H2,1-2H3;1H/t11-,12-;/m0./s1. The highest BCUT2D eigenvalue weighted by Crippen LogP contribution is 2.16. The maximum absolute atomic E-state index is 10.0. The van der Waals surface area contributed by atoms with Gasteiger partial charge >= 0.3 is 0 Å². The van der Waals surface area contributed by atoms with E-state index in [1.54, 1.807) is 0 Å². The first kappa shape index (κ1) is 15.4. The molecule has 0 aliphatic rings. The average Bonchev–Trinajstić information content (AvgIpc) is 2.26. The van der Waals surface area contributed by atoms with E-state index in [0.29, 0.717) is 0 Å². The second-order valence-corrected chi connectivity index (χ2v) is 3.97. The Morgan fingerprint density at radius 3 is 2.19 bits per heavy atom. The Balaban J connectivity index is 0.00000225. The van der Waals surface area contributed by atoms with Crippen molar-refractivity contribution in [2.75, 3.05) is 6.61 Å². The van der Waals surface area contributed by atoms with Gasteiger partial charge in [0.15, 0.2) is 0 Å². The van der Waals surface area contributed by atoms with Gasteiger partial charge in [0.1, 0.15) is 0 Å². The molecule has 0 bridgehead atoms. The first-order valence-corrected chi connectivity index (χ1v) is 5.25. The van der Waals surface area contributed by atoms with Crippen LogP contribution in [0.3, 0.4) is 0 Å². The van der Waals surface area contributed by atoms with Crippen LogP contribution in [-0.2, 0) is 0 Å². The minimum atomic E-state index is -0.668. The Hall–Kier alpha value is -0.610. The molecule has 0 amide bonds. The molecule has 3 N–H and O–H groups in total. The molecule has 4 heteroatoms. The second-order valence-electron chi connectivity index (χ2n) is 3.97. The molecule has 0 aliphatic carbocycles. The van der Waals surface area contributed by atoms with Crippen molar-refractivity contribution in [3.63, 3.8) is 0 Å². The number of hydrogen-bond acceptors (Lipinski definition) is 3. The molecule has 0 heterocycles. The predicted octanol–water partition coefficient (Wildman–Crippen LogP) is 1.50. The molecule has 1 aromatic rings. The van der Waals surface area contributed by atoms with Crippen LogP contribution in [-0.4, -0.2) is 28.9 Å². The van der Waals surface area contributed by atoms with Crippen LogP contribution in [0, 0.1) is 0 Å². The Morgan fingerprint density at radius 2 is 1.75 bits per heavy atom. The van der Waals surface area contributed by atoms with E-state index in [2.05, 4.69) is 5.32 Å². The topological polar surface area (TPSA) is 52.5 Å². The maximum atomic E-state index is 10.0. The van der Waals surface area contributed by atoms with Gasteiger partial charge in [-0.3, -0.25) is 0 Å². The minimum absolute atomic E-state index is 0. The van der Waals surface area contributed by atoms with Crippen LogP contribution in [0.2, 0.25) is 0 Å². The summed E-state index contributed by atoms with van der Waals surface area (Å²) in [5, 5.41) is 22.3. The first-order chi connectivity index (χ1) is 7.15. The lowest BCUT2D eigenvalue weighted by Crippen LogP contribution is -2.41. The molecule has 0 spiro atoms. The molecular weight excluding hydrogens is 226 g/mol. The van der Waals surface area contributed by atoms with Gasteiger partial charge in [-0.1, -0.05) is 44.2 Å². The Labute approximate surface area is 103 Å². The number of hydrogen-bond donors (Lipinski definition) is 3. The average molecular weight is 246 g/mol. The third-order valence-corrected chi connectivity index (χ3v) is 2.27. The molecule has 0 aliphatic heterocycles. The second kappa shape index (κ2) is 7.63. The fraction of sp³-hybridized carbons (Fsp3) is 0.500. The van der Waals surface area contributed by atoms with Crippen molar-refractivity contribution in [3.8, 4) is 0 Å². The highest BCUT2D eigenvalue weighted by atomic mass is 35.5. The molecule has 92 valence electrons. The molecule has 2 atom stereocenters. The van der Waals surface area contributed by atoms with Crippen molar-refractivity contribution in [1.82, 2.24) is 5.32 Å². The van der Waals surface area contributed by atoms with Crippen molar-refractivity contribution < 1.29 is 10.2 Å². The number of aliphatic hydroxyl groups is 2. The lowest BCUT2D eigenvalue weighted by Gasteiger charge is -2.24. The van der Waals surface area contributed by atoms with Crippen molar-refractivity contribution >= 4 is 12.4 Å². The van der Waals surface area contributed by atoms with E-state index in [0.717, 1.165) is 5.56 Å². The summed E-state index contributed by atoms with van der Waals surface area (Å²) in [6.45, 7) is 3.90. The van der Waals surface area contributed by atoms with Crippen molar-refractivity contribution in [2.24, 2.45) is 0 Å². The lowest BCUT2D eigenvalue weighted by molar-refractivity contribution is 0.0856. The fourth-order valence-electron chi connectivity index (χ4n) is 1.55. The van der Waals surface area contributed by atoms with E-state index in [1.165, 1.54) is 0 Å². The number of benzene rings is 1. The van der Waals surface area contributed by atoms with Gasteiger partial charge in [-0.15, -0.1) is 12.4 Å². The molecule has 1 aromatic carbocycles. The fourth-order valence-corrected chi connectivity index (χ4v) is 1.55. The zero-order chi connectivity index (χ0) is 11.3. The van der Waals surface area contributed by atoms with Gasteiger partial charge in [0.2, 0.25) is 0 Å². The first-order valence-electron chi connectivity index (χ1n) is 5.25. The van der Waals surface area contributed by atoms with Crippen LogP contribution in [0.4, 0.5) is 0 Å². The van der Waals surface area contributed by atoms with Crippen molar-refractivity contribution in [2.45, 2.75) is 32.0 Å². The van der Waals surface area contributed by atoms with E-state index < -0.39 is 6.10 Å². The largest absolute Gasteiger partial charge is 0.395 e. The zero-order valence-corrected chi connectivity index (χ0v) is 10.4. The van der Waals surface area contributed by atoms with Crippen LogP contribution >= 0.6 is 12.4 Å². The number of rotatable bonds is 5. The molecule has 3 nitrogen and oxygen atoms in total. The number of nitrogens with one attached hydrogen (secondary N) is 1. The summed E-state index contributed by atoms with van der Waals surface area (Å²) in [5.74, 6) is 0. The van der Waals surface area contributed by atoms with E-state index in [9.17, 15) is 10.2 Å². The highest BCUT2D eigenvalue weighted by Gasteiger charge is 2.20. The molecule has 0 saturated heterocycles. The van der Waals surface area contributed by atoms with Crippen molar-refractivity contribution in [1.29, 1.82) is 0 Å². The van der Waals surface area contributed by atoms with Crippen LogP contribution < -0.4 is 5.32 Å². The van der Waals surface area contributed by atoms with E-state index in [1.807, 2.05) is 44.2 Å². The van der Waals surface area contributed by atoms with Crippen molar-refractivity contribution in [3.05, 3.63) is 35.9 Å². The van der Waals surface area contributed by atoms with Crippen LogP contribution in [0.25, 0.3) is 0 Å². The van der Waals surface area contributed by atoms with Gasteiger partial charge in [-0.05, 0) is 5.56 Å². The third kappa shape index (κ3) is 4.49. The predicted molar refractivity (Wildman–Crippen MR) is 67.8 cm³/mol. The summed E-state index contributed by atoms with van der Waals surface area (Å²) >= 11 is 0. The molecular formula is C12H20ClNO2. The van der Waals surface area contributed by atoms with E-state index in [4.69, 9.17) is 0 Å². The van der Waals surface area contributed by atoms with Gasteiger partial charge in [-0.25, -0.2) is 0 Å². The molecule has 16 heavy (non-hydrogen) atoms. The molecule has 0 saturated carbocycles. The smallest absolute Gasteiger partial charge is 0.0965 e. The molecule has 0 aromatic heterocycles. The summed E-state index contributed by atoms with van der Waals surface area (Å²) < 4.78 is 0. The third-order valence-electron chi connectivity index (χ3n) is 2.27. The van der Waals surface area contributed by atoms with Crippen LogP contribution in [0.1, 0.15) is 25.5 Å². The summed E-state index contributed by atoms with van der Waals surface area (Å²) in [6, 6.07) is 9.29. The monoisotopic (exact) mass is 245 g/mol. The Morgan fingerprint density at radius 1 is 1.19 bits per heavy atom. The highest BCUT2D eigenvalue weighted by molar-refractivity contribution is 5.85. The van der Waals surface area contributed by atoms with Gasteiger partial charge in [-0.2, -0.15) is 0 Å². The minimum Gasteiger partial charge on any atom is -0.395 e. The Bertz CT molecular complexity index is 280. The van der Waals surface area contributed by atoms with E-state index in [-0.39, 0.29) is 31.1 Å². The molecule has 0 unspecified atom stereocenters. The summed E-state index contributed by atoms with van der Waals surface area (Å²) in [7, 11) is 0. The summed E-state index contributed by atoms with van der Waals surface area (Å²) in [4.78, 5) is 0. The summed E-state index contributed by atoms with van der Waals surface area (Å²) in [6.07, 6.45) is -0.668. The molecule has 0 radical (unpaired) electrons. The summed E-state index contributed by atoms with van der Waals surface area (Å²) in [5.41, 5.74) is 0.824. The number of halogens is 1.